The first kappa shape index (κ1) is 17.5. The SMILES string of the molecule is Cc1ccc2c(CC(=O)Nc3ccc(N4CCOCC4)nc3)coc2c1C. The molecule has 0 radical (unpaired) electrons. The first-order valence-electron chi connectivity index (χ1n) is 9.16. The van der Waals surface area contributed by atoms with Gasteiger partial charge in [0.1, 0.15) is 11.4 Å². The Morgan fingerprint density at radius 1 is 1.19 bits per heavy atom. The first-order valence-corrected chi connectivity index (χ1v) is 9.16. The Morgan fingerprint density at radius 2 is 2.00 bits per heavy atom. The molecule has 0 aliphatic carbocycles. The van der Waals surface area contributed by atoms with Crippen molar-refractivity contribution < 1.29 is 13.9 Å². The second-order valence-corrected chi connectivity index (χ2v) is 6.87. The van der Waals surface area contributed by atoms with E-state index >= 15 is 0 Å². The average Bonchev–Trinajstić information content (AvgIpc) is 3.09. The topological polar surface area (TPSA) is 67.6 Å². The van der Waals surface area contributed by atoms with E-state index in [1.165, 1.54) is 5.56 Å². The molecule has 0 bridgehead atoms. The third-order valence-corrected chi connectivity index (χ3v) is 5.06. The van der Waals surface area contributed by atoms with Gasteiger partial charge in [0.05, 0.1) is 37.8 Å². The van der Waals surface area contributed by atoms with Gasteiger partial charge in [0, 0.05) is 24.0 Å². The summed E-state index contributed by atoms with van der Waals surface area (Å²) < 4.78 is 11.0. The lowest BCUT2D eigenvalue weighted by atomic mass is 10.0. The van der Waals surface area contributed by atoms with Gasteiger partial charge < -0.3 is 19.4 Å². The number of morpholine rings is 1. The molecule has 0 spiro atoms. The lowest BCUT2D eigenvalue weighted by Gasteiger charge is -2.27. The molecule has 1 N–H and O–H groups in total. The zero-order valence-electron chi connectivity index (χ0n) is 15.6. The molecule has 1 aliphatic heterocycles. The molecule has 1 aromatic carbocycles. The fourth-order valence-corrected chi connectivity index (χ4v) is 3.34. The number of carbonyl (C=O) groups is 1. The number of anilines is 2. The average molecular weight is 365 g/mol. The van der Waals surface area contributed by atoms with Crippen LogP contribution >= 0.6 is 0 Å². The molecule has 3 aromatic rings. The van der Waals surface area contributed by atoms with Crippen LogP contribution in [0.1, 0.15) is 16.7 Å². The van der Waals surface area contributed by atoms with Gasteiger partial charge >= 0.3 is 0 Å². The number of furan rings is 1. The van der Waals surface area contributed by atoms with Crippen molar-refractivity contribution in [2.45, 2.75) is 20.3 Å². The quantitative estimate of drug-likeness (QED) is 0.767. The number of nitrogens with zero attached hydrogens (tertiary/aromatic N) is 2. The predicted octanol–water partition coefficient (Wildman–Crippen LogP) is 3.46. The number of hydrogen-bond acceptors (Lipinski definition) is 5. The van der Waals surface area contributed by atoms with Gasteiger partial charge in [0.15, 0.2) is 0 Å². The van der Waals surface area contributed by atoms with Crippen molar-refractivity contribution in [2.75, 3.05) is 36.5 Å². The van der Waals surface area contributed by atoms with Gasteiger partial charge in [-0.1, -0.05) is 12.1 Å². The van der Waals surface area contributed by atoms with E-state index in [1.807, 2.05) is 25.1 Å². The second-order valence-electron chi connectivity index (χ2n) is 6.87. The van der Waals surface area contributed by atoms with Crippen LogP contribution in [0.2, 0.25) is 0 Å². The fraction of sp³-hybridized carbons (Fsp3) is 0.333. The number of amides is 1. The van der Waals surface area contributed by atoms with Crippen molar-refractivity contribution in [3.05, 3.63) is 53.4 Å². The Hall–Kier alpha value is -2.86. The molecule has 0 saturated carbocycles. The Bertz CT molecular complexity index is 957. The number of aromatic nitrogens is 1. The van der Waals surface area contributed by atoms with Gasteiger partial charge in [-0.15, -0.1) is 0 Å². The maximum Gasteiger partial charge on any atom is 0.228 e. The van der Waals surface area contributed by atoms with E-state index in [-0.39, 0.29) is 12.3 Å². The summed E-state index contributed by atoms with van der Waals surface area (Å²) in [4.78, 5) is 19.1. The third kappa shape index (κ3) is 3.66. The molecule has 1 aliphatic rings. The number of nitrogens with one attached hydrogen (secondary N) is 1. The normalized spacial score (nSPS) is 14.5. The minimum Gasteiger partial charge on any atom is -0.464 e. The van der Waals surface area contributed by atoms with Crippen LogP contribution in [0.25, 0.3) is 11.0 Å². The number of rotatable bonds is 4. The molecule has 2 aromatic heterocycles. The van der Waals surface area contributed by atoms with Gasteiger partial charge in [-0.05, 0) is 37.1 Å². The van der Waals surface area contributed by atoms with E-state index in [2.05, 4.69) is 28.2 Å². The molecule has 6 nitrogen and oxygen atoms in total. The number of aryl methyl sites for hydroxylation is 2. The van der Waals surface area contributed by atoms with Crippen LogP contribution in [0.5, 0.6) is 0 Å². The van der Waals surface area contributed by atoms with Gasteiger partial charge in [0.25, 0.3) is 0 Å². The van der Waals surface area contributed by atoms with E-state index in [4.69, 9.17) is 9.15 Å². The third-order valence-electron chi connectivity index (χ3n) is 5.06. The highest BCUT2D eigenvalue weighted by atomic mass is 16.5. The molecule has 0 atom stereocenters. The molecule has 1 saturated heterocycles. The summed E-state index contributed by atoms with van der Waals surface area (Å²) in [5, 5.41) is 3.91. The highest BCUT2D eigenvalue weighted by molar-refractivity contribution is 5.95. The number of pyridine rings is 1. The van der Waals surface area contributed by atoms with E-state index in [0.717, 1.165) is 54.2 Å². The predicted molar refractivity (Wildman–Crippen MR) is 105 cm³/mol. The largest absolute Gasteiger partial charge is 0.464 e. The molecule has 1 fully saturated rings. The van der Waals surface area contributed by atoms with E-state index in [9.17, 15) is 4.79 Å². The van der Waals surface area contributed by atoms with Crippen LogP contribution in [-0.4, -0.2) is 37.2 Å². The fourth-order valence-electron chi connectivity index (χ4n) is 3.34. The van der Waals surface area contributed by atoms with E-state index in [0.29, 0.717) is 5.69 Å². The molecule has 27 heavy (non-hydrogen) atoms. The van der Waals surface area contributed by atoms with Crippen molar-refractivity contribution in [3.63, 3.8) is 0 Å². The zero-order valence-corrected chi connectivity index (χ0v) is 15.6. The monoisotopic (exact) mass is 365 g/mol. The van der Waals surface area contributed by atoms with Crippen LogP contribution in [0.15, 0.2) is 41.1 Å². The van der Waals surface area contributed by atoms with E-state index < -0.39 is 0 Å². The Balaban J connectivity index is 1.43. The summed E-state index contributed by atoms with van der Waals surface area (Å²) in [6.45, 7) is 7.20. The summed E-state index contributed by atoms with van der Waals surface area (Å²) in [5.41, 5.74) is 4.73. The summed E-state index contributed by atoms with van der Waals surface area (Å²) >= 11 is 0. The molecule has 0 unspecified atom stereocenters. The zero-order chi connectivity index (χ0) is 18.8. The lowest BCUT2D eigenvalue weighted by Crippen LogP contribution is -2.36. The summed E-state index contributed by atoms with van der Waals surface area (Å²) in [5.74, 6) is 0.819. The standard InChI is InChI=1S/C21H23N3O3/c1-14-3-5-18-16(13-27-21(18)15(14)2)11-20(25)23-17-4-6-19(22-12-17)24-7-9-26-10-8-24/h3-6,12-13H,7-11H2,1-2H3,(H,23,25). The molecule has 6 heteroatoms. The van der Waals surface area contributed by atoms with Crippen molar-refractivity contribution in [1.29, 1.82) is 0 Å². The summed E-state index contributed by atoms with van der Waals surface area (Å²) in [6, 6.07) is 7.89. The minimum atomic E-state index is -0.0862. The number of benzene rings is 1. The van der Waals surface area contributed by atoms with Crippen LogP contribution in [0.3, 0.4) is 0 Å². The smallest absolute Gasteiger partial charge is 0.228 e. The molecule has 4 rings (SSSR count). The number of ether oxygens (including phenoxy) is 1. The highest BCUT2D eigenvalue weighted by Crippen LogP contribution is 2.27. The van der Waals surface area contributed by atoms with Gasteiger partial charge in [-0.2, -0.15) is 0 Å². The molecule has 1 amide bonds. The number of fused-ring (bicyclic) bond motifs is 1. The van der Waals surface area contributed by atoms with Crippen molar-refractivity contribution in [3.8, 4) is 0 Å². The Kier molecular flexibility index (Phi) is 4.81. The van der Waals surface area contributed by atoms with Crippen LogP contribution < -0.4 is 10.2 Å². The van der Waals surface area contributed by atoms with Gasteiger partial charge in [0.2, 0.25) is 5.91 Å². The lowest BCUT2D eigenvalue weighted by molar-refractivity contribution is -0.115. The number of carbonyl (C=O) groups excluding carboxylic acids is 1. The van der Waals surface area contributed by atoms with Crippen molar-refractivity contribution in [2.24, 2.45) is 0 Å². The highest BCUT2D eigenvalue weighted by Gasteiger charge is 2.14. The van der Waals surface area contributed by atoms with Crippen LogP contribution in [-0.2, 0) is 16.0 Å². The minimum absolute atomic E-state index is 0.0862. The summed E-state index contributed by atoms with van der Waals surface area (Å²) in [7, 11) is 0. The van der Waals surface area contributed by atoms with Gasteiger partial charge in [-0.3, -0.25) is 4.79 Å². The maximum absolute atomic E-state index is 12.5. The van der Waals surface area contributed by atoms with Crippen LogP contribution in [0, 0.1) is 13.8 Å². The van der Waals surface area contributed by atoms with Crippen molar-refractivity contribution in [1.82, 2.24) is 4.98 Å². The Morgan fingerprint density at radius 3 is 2.74 bits per heavy atom. The van der Waals surface area contributed by atoms with Gasteiger partial charge in [-0.25, -0.2) is 4.98 Å². The van der Waals surface area contributed by atoms with E-state index in [1.54, 1.807) is 12.5 Å². The maximum atomic E-state index is 12.5. The summed E-state index contributed by atoms with van der Waals surface area (Å²) in [6.07, 6.45) is 3.64. The van der Waals surface area contributed by atoms with Crippen molar-refractivity contribution >= 4 is 28.4 Å². The first-order chi connectivity index (χ1) is 13.1. The van der Waals surface area contributed by atoms with Crippen LogP contribution in [0.4, 0.5) is 11.5 Å². The second kappa shape index (κ2) is 7.40. The Labute approximate surface area is 158 Å². The molecular weight excluding hydrogens is 342 g/mol. The molecular formula is C21H23N3O3. The molecule has 3 heterocycles. The molecule has 140 valence electrons. The number of hydrogen-bond donors (Lipinski definition) is 1.